The third-order valence-electron chi connectivity index (χ3n) is 4.53. The number of hydrogen-bond donors (Lipinski definition) is 0. The second kappa shape index (κ2) is 7.07. The van der Waals surface area contributed by atoms with Gasteiger partial charge in [0.15, 0.2) is 0 Å². The Morgan fingerprint density at radius 3 is 1.71 bits per heavy atom. The van der Waals surface area contributed by atoms with E-state index in [4.69, 9.17) is 0 Å². The van der Waals surface area contributed by atoms with E-state index in [0.717, 1.165) is 18.6 Å². The van der Waals surface area contributed by atoms with Crippen molar-refractivity contribution in [2.24, 2.45) is 0 Å². The van der Waals surface area contributed by atoms with Crippen molar-refractivity contribution in [2.45, 2.75) is 83.2 Å². The van der Waals surface area contributed by atoms with Gasteiger partial charge in [-0.1, -0.05) is 44.4 Å². The summed E-state index contributed by atoms with van der Waals surface area (Å²) in [6, 6.07) is 1.68. The van der Waals surface area contributed by atoms with E-state index in [1.54, 1.807) is 0 Å². The quantitative estimate of drug-likeness (QED) is 0.667. The fourth-order valence-electron chi connectivity index (χ4n) is 3.55. The molecule has 1 heteroatoms. The first-order valence-electron chi connectivity index (χ1n) is 7.57. The van der Waals surface area contributed by atoms with Gasteiger partial charge in [0.2, 0.25) is 0 Å². The molecule has 2 rings (SSSR count). The maximum absolute atomic E-state index is 3.32. The highest BCUT2D eigenvalue weighted by Gasteiger charge is 2.27. The molecule has 17 heavy (non-hydrogen) atoms. The van der Waals surface area contributed by atoms with Crippen LogP contribution in [0.3, 0.4) is 0 Å². The van der Waals surface area contributed by atoms with Crippen molar-refractivity contribution in [1.82, 2.24) is 4.90 Å². The molecule has 0 aromatic heterocycles. The molecule has 2 fully saturated rings. The molecule has 0 atom stereocenters. The standard InChI is InChI=1S/C16H27N/c1-2-3-14-17(15-10-6-4-7-11-15)16-12-8-5-9-13-16/h15-16H,4-14H2,1H3. The van der Waals surface area contributed by atoms with Gasteiger partial charge in [0.05, 0.1) is 6.54 Å². The third kappa shape index (κ3) is 3.75. The van der Waals surface area contributed by atoms with Crippen LogP contribution in [0.25, 0.3) is 0 Å². The lowest BCUT2D eigenvalue weighted by molar-refractivity contribution is 0.0961. The summed E-state index contributed by atoms with van der Waals surface area (Å²) < 4.78 is 0. The van der Waals surface area contributed by atoms with Crippen LogP contribution in [0.4, 0.5) is 0 Å². The minimum Gasteiger partial charge on any atom is -0.286 e. The summed E-state index contributed by atoms with van der Waals surface area (Å²) in [6.45, 7) is 2.99. The van der Waals surface area contributed by atoms with E-state index in [9.17, 15) is 0 Å². The zero-order valence-electron chi connectivity index (χ0n) is 11.4. The van der Waals surface area contributed by atoms with Crippen molar-refractivity contribution in [2.75, 3.05) is 6.54 Å². The summed E-state index contributed by atoms with van der Waals surface area (Å²) in [4.78, 5) is 2.76. The van der Waals surface area contributed by atoms with Gasteiger partial charge in [-0.3, -0.25) is 4.90 Å². The van der Waals surface area contributed by atoms with Crippen molar-refractivity contribution in [3.8, 4) is 11.8 Å². The molecule has 0 amide bonds. The Labute approximate surface area is 107 Å². The van der Waals surface area contributed by atoms with Gasteiger partial charge in [0.25, 0.3) is 0 Å². The maximum Gasteiger partial charge on any atom is 0.0606 e. The molecular weight excluding hydrogens is 206 g/mol. The fraction of sp³-hybridized carbons (Fsp3) is 0.875. The van der Waals surface area contributed by atoms with E-state index >= 15 is 0 Å². The normalized spacial score (nSPS) is 23.4. The van der Waals surface area contributed by atoms with Gasteiger partial charge in [0.1, 0.15) is 0 Å². The van der Waals surface area contributed by atoms with Crippen LogP contribution in [0.15, 0.2) is 0 Å². The summed E-state index contributed by atoms with van der Waals surface area (Å²) in [5.74, 6) is 6.40. The minimum absolute atomic E-state index is 0.840. The van der Waals surface area contributed by atoms with Crippen molar-refractivity contribution in [3.63, 3.8) is 0 Å². The van der Waals surface area contributed by atoms with Crippen molar-refractivity contribution >= 4 is 0 Å². The summed E-state index contributed by atoms with van der Waals surface area (Å²) in [5, 5.41) is 0. The molecule has 1 nitrogen and oxygen atoms in total. The zero-order chi connectivity index (χ0) is 11.9. The van der Waals surface area contributed by atoms with Gasteiger partial charge in [0, 0.05) is 12.1 Å². The second-order valence-corrected chi connectivity index (χ2v) is 5.68. The molecule has 0 bridgehead atoms. The van der Waals surface area contributed by atoms with Crippen LogP contribution in [-0.4, -0.2) is 23.5 Å². The number of rotatable bonds is 3. The molecule has 2 saturated carbocycles. The van der Waals surface area contributed by atoms with Crippen LogP contribution in [-0.2, 0) is 0 Å². The van der Waals surface area contributed by atoms with E-state index in [-0.39, 0.29) is 0 Å². The van der Waals surface area contributed by atoms with Crippen molar-refractivity contribution < 1.29 is 0 Å². The van der Waals surface area contributed by atoms with Crippen molar-refractivity contribution in [3.05, 3.63) is 0 Å². The second-order valence-electron chi connectivity index (χ2n) is 5.68. The van der Waals surface area contributed by atoms with Gasteiger partial charge in [-0.15, -0.1) is 5.92 Å². The summed E-state index contributed by atoms with van der Waals surface area (Å²) in [6.07, 6.45) is 14.3. The van der Waals surface area contributed by atoms with E-state index < -0.39 is 0 Å². The first-order valence-corrected chi connectivity index (χ1v) is 7.57. The molecule has 0 N–H and O–H groups in total. The van der Waals surface area contributed by atoms with Crippen LogP contribution < -0.4 is 0 Å². The average Bonchev–Trinajstić information content (AvgIpc) is 2.42. The van der Waals surface area contributed by atoms with Gasteiger partial charge >= 0.3 is 0 Å². The van der Waals surface area contributed by atoms with E-state index in [2.05, 4.69) is 16.7 Å². The molecule has 2 aliphatic rings. The molecule has 0 unspecified atom stereocenters. The van der Waals surface area contributed by atoms with Gasteiger partial charge in [-0.05, 0) is 32.6 Å². The average molecular weight is 233 g/mol. The Balaban J connectivity index is 1.96. The lowest BCUT2D eigenvalue weighted by atomic mass is 9.88. The molecule has 0 spiro atoms. The molecule has 0 aromatic rings. The molecule has 2 aliphatic carbocycles. The van der Waals surface area contributed by atoms with E-state index in [0.29, 0.717) is 0 Å². The van der Waals surface area contributed by atoms with Crippen LogP contribution >= 0.6 is 0 Å². The lowest BCUT2D eigenvalue weighted by Gasteiger charge is -2.40. The maximum atomic E-state index is 3.32. The minimum atomic E-state index is 0.840. The Hall–Kier alpha value is -0.480. The first kappa shape index (κ1) is 13.0. The zero-order valence-corrected chi connectivity index (χ0v) is 11.4. The SMILES string of the molecule is CC#CCN(C1CCCCC1)C1CCCCC1. The molecular formula is C16H27N. The smallest absolute Gasteiger partial charge is 0.0606 e. The largest absolute Gasteiger partial charge is 0.286 e. The third-order valence-corrected chi connectivity index (χ3v) is 4.53. The van der Waals surface area contributed by atoms with Crippen LogP contribution in [0.1, 0.15) is 71.1 Å². The Bertz CT molecular complexity index is 243. The van der Waals surface area contributed by atoms with E-state index in [1.165, 1.54) is 64.2 Å². The van der Waals surface area contributed by atoms with Crippen molar-refractivity contribution in [1.29, 1.82) is 0 Å². The highest BCUT2D eigenvalue weighted by Crippen LogP contribution is 2.29. The topological polar surface area (TPSA) is 3.24 Å². The molecule has 0 aliphatic heterocycles. The highest BCUT2D eigenvalue weighted by molar-refractivity contribution is 5.00. The summed E-state index contributed by atoms with van der Waals surface area (Å²) in [5.41, 5.74) is 0. The summed E-state index contributed by atoms with van der Waals surface area (Å²) in [7, 11) is 0. The van der Waals surface area contributed by atoms with Crippen LogP contribution in [0.5, 0.6) is 0 Å². The number of hydrogen-bond acceptors (Lipinski definition) is 1. The molecule has 0 heterocycles. The molecule has 96 valence electrons. The predicted molar refractivity (Wildman–Crippen MR) is 73.9 cm³/mol. The lowest BCUT2D eigenvalue weighted by Crippen LogP contribution is -2.45. The van der Waals surface area contributed by atoms with E-state index in [1.807, 2.05) is 6.92 Å². The van der Waals surface area contributed by atoms with Gasteiger partial charge in [-0.2, -0.15) is 0 Å². The molecule has 0 radical (unpaired) electrons. The Morgan fingerprint density at radius 2 is 1.29 bits per heavy atom. The van der Waals surface area contributed by atoms with Gasteiger partial charge in [-0.25, -0.2) is 0 Å². The first-order chi connectivity index (χ1) is 8.42. The van der Waals surface area contributed by atoms with Crippen LogP contribution in [0.2, 0.25) is 0 Å². The highest BCUT2D eigenvalue weighted by atomic mass is 15.2. The predicted octanol–water partition coefficient (Wildman–Crippen LogP) is 3.98. The monoisotopic (exact) mass is 233 g/mol. The Morgan fingerprint density at radius 1 is 0.824 bits per heavy atom. The Kier molecular flexibility index (Phi) is 5.39. The molecule has 0 saturated heterocycles. The summed E-state index contributed by atoms with van der Waals surface area (Å²) >= 11 is 0. The van der Waals surface area contributed by atoms with Crippen LogP contribution in [0, 0.1) is 11.8 Å². The van der Waals surface area contributed by atoms with Gasteiger partial charge < -0.3 is 0 Å². The fourth-order valence-corrected chi connectivity index (χ4v) is 3.55. The number of nitrogens with zero attached hydrogens (tertiary/aromatic N) is 1. The molecule has 0 aromatic carbocycles.